The summed E-state index contributed by atoms with van der Waals surface area (Å²) in [5.74, 6) is 0.855. The van der Waals surface area contributed by atoms with Crippen LogP contribution >= 0.6 is 22.7 Å². The molecule has 0 aliphatic carbocycles. The van der Waals surface area contributed by atoms with Crippen molar-refractivity contribution in [3.63, 3.8) is 0 Å². The third-order valence-electron chi connectivity index (χ3n) is 2.59. The van der Waals surface area contributed by atoms with Crippen LogP contribution in [0.5, 0.6) is 0 Å². The number of H-pyrrole nitrogens is 1. The summed E-state index contributed by atoms with van der Waals surface area (Å²) in [5, 5.41) is 14.4. The van der Waals surface area contributed by atoms with E-state index in [1.165, 1.54) is 16.1 Å². The molecule has 4 nitrogen and oxygen atoms in total. The van der Waals surface area contributed by atoms with Crippen molar-refractivity contribution in [3.8, 4) is 0 Å². The Morgan fingerprint density at radius 1 is 1.17 bits per heavy atom. The van der Waals surface area contributed by atoms with E-state index in [1.54, 1.807) is 22.7 Å². The Hall–Kier alpha value is -1.50. The molecule has 92 valence electrons. The highest BCUT2D eigenvalue weighted by Gasteiger charge is 2.15. The highest BCUT2D eigenvalue weighted by Crippen LogP contribution is 2.29. The molecule has 3 heterocycles. The van der Waals surface area contributed by atoms with E-state index in [1.807, 2.05) is 0 Å². The van der Waals surface area contributed by atoms with Gasteiger partial charge in [0.05, 0.1) is 12.6 Å². The van der Waals surface area contributed by atoms with Gasteiger partial charge in [0, 0.05) is 9.75 Å². The third-order valence-corrected chi connectivity index (χ3v) is 4.47. The van der Waals surface area contributed by atoms with Gasteiger partial charge in [0.15, 0.2) is 0 Å². The minimum absolute atomic E-state index is 0.232. The fourth-order valence-electron chi connectivity index (χ4n) is 1.77. The molecule has 3 rings (SSSR count). The molecule has 0 bridgehead atoms. The Morgan fingerprint density at radius 2 is 1.89 bits per heavy atom. The molecule has 0 unspecified atom stereocenters. The van der Waals surface area contributed by atoms with E-state index in [2.05, 4.69) is 55.5 Å². The van der Waals surface area contributed by atoms with Crippen molar-refractivity contribution in [2.24, 2.45) is 0 Å². The zero-order valence-corrected chi connectivity index (χ0v) is 11.2. The third kappa shape index (κ3) is 2.50. The average Bonchev–Trinajstić information content (AvgIpc) is 3.14. The van der Waals surface area contributed by atoms with Crippen LogP contribution in [-0.2, 0) is 6.54 Å². The molecule has 0 saturated heterocycles. The minimum atomic E-state index is 0.232. The lowest BCUT2D eigenvalue weighted by Crippen LogP contribution is -2.21. The molecule has 2 N–H and O–H groups in total. The number of thiophene rings is 2. The molecule has 0 amide bonds. The molecule has 3 aromatic heterocycles. The summed E-state index contributed by atoms with van der Waals surface area (Å²) in [6, 6.07) is 8.70. The first-order valence-corrected chi connectivity index (χ1v) is 7.34. The summed E-state index contributed by atoms with van der Waals surface area (Å²) >= 11 is 3.53. The minimum Gasteiger partial charge on any atom is -0.298 e. The van der Waals surface area contributed by atoms with Gasteiger partial charge in [-0.15, -0.1) is 22.7 Å². The maximum absolute atomic E-state index is 4.13. The van der Waals surface area contributed by atoms with Crippen molar-refractivity contribution in [2.45, 2.75) is 12.6 Å². The summed E-state index contributed by atoms with van der Waals surface area (Å²) in [6.07, 6.45) is 1.53. The van der Waals surface area contributed by atoms with Crippen molar-refractivity contribution >= 4 is 22.7 Å². The quantitative estimate of drug-likeness (QED) is 0.753. The second-order valence-electron chi connectivity index (χ2n) is 3.78. The van der Waals surface area contributed by atoms with Crippen LogP contribution in [0.25, 0.3) is 0 Å². The number of aromatic amines is 1. The maximum Gasteiger partial charge on any atom is 0.138 e. The molecule has 6 heteroatoms. The van der Waals surface area contributed by atoms with E-state index in [-0.39, 0.29) is 6.04 Å². The van der Waals surface area contributed by atoms with E-state index >= 15 is 0 Å². The van der Waals surface area contributed by atoms with Crippen LogP contribution in [0.2, 0.25) is 0 Å². The number of rotatable bonds is 5. The van der Waals surface area contributed by atoms with Crippen molar-refractivity contribution < 1.29 is 0 Å². The fourth-order valence-corrected chi connectivity index (χ4v) is 3.48. The first-order chi connectivity index (χ1) is 8.93. The van der Waals surface area contributed by atoms with Crippen molar-refractivity contribution in [2.75, 3.05) is 0 Å². The highest BCUT2D eigenvalue weighted by molar-refractivity contribution is 7.11. The Labute approximate surface area is 113 Å². The number of hydrogen-bond acceptors (Lipinski definition) is 5. The molecule has 0 aliphatic heterocycles. The van der Waals surface area contributed by atoms with Crippen LogP contribution < -0.4 is 5.32 Å². The van der Waals surface area contributed by atoms with Crippen LogP contribution in [0.4, 0.5) is 0 Å². The molecule has 18 heavy (non-hydrogen) atoms. The molecular formula is C12H12N4S2. The van der Waals surface area contributed by atoms with Crippen molar-refractivity contribution in [3.05, 3.63) is 56.9 Å². The standard InChI is InChI=1S/C12H12N4S2/c1-3-9(17-5-1)12(10-4-2-6-18-10)13-7-11-14-8-15-16-11/h1-6,8,12-13H,7H2,(H,14,15,16). The van der Waals surface area contributed by atoms with Gasteiger partial charge in [-0.1, -0.05) is 12.1 Å². The van der Waals surface area contributed by atoms with Crippen molar-refractivity contribution in [1.82, 2.24) is 20.5 Å². The number of nitrogens with one attached hydrogen (secondary N) is 2. The van der Waals surface area contributed by atoms with Gasteiger partial charge >= 0.3 is 0 Å². The molecule has 0 atom stereocenters. The Morgan fingerprint density at radius 3 is 2.39 bits per heavy atom. The lowest BCUT2D eigenvalue weighted by Gasteiger charge is -2.15. The number of hydrogen-bond donors (Lipinski definition) is 2. The summed E-state index contributed by atoms with van der Waals surface area (Å²) in [5.41, 5.74) is 0. The van der Waals surface area contributed by atoms with Gasteiger partial charge in [0.25, 0.3) is 0 Å². The molecular weight excluding hydrogens is 264 g/mol. The number of nitrogens with zero attached hydrogens (tertiary/aromatic N) is 2. The molecule has 3 aromatic rings. The van der Waals surface area contributed by atoms with Gasteiger partial charge in [0.2, 0.25) is 0 Å². The Kier molecular flexibility index (Phi) is 3.49. The van der Waals surface area contributed by atoms with Crippen LogP contribution in [-0.4, -0.2) is 15.2 Å². The van der Waals surface area contributed by atoms with E-state index in [0.29, 0.717) is 6.54 Å². The van der Waals surface area contributed by atoms with E-state index < -0.39 is 0 Å². The predicted molar refractivity (Wildman–Crippen MR) is 73.7 cm³/mol. The van der Waals surface area contributed by atoms with E-state index in [0.717, 1.165) is 5.82 Å². The summed E-state index contributed by atoms with van der Waals surface area (Å²) in [4.78, 5) is 6.76. The predicted octanol–water partition coefficient (Wildman–Crippen LogP) is 2.81. The summed E-state index contributed by atoms with van der Waals surface area (Å²) < 4.78 is 0. The highest BCUT2D eigenvalue weighted by atomic mass is 32.1. The molecule has 0 spiro atoms. The first kappa shape index (κ1) is 11.6. The fraction of sp³-hybridized carbons (Fsp3) is 0.167. The van der Waals surface area contributed by atoms with Gasteiger partial charge < -0.3 is 0 Å². The molecule has 0 radical (unpaired) electrons. The van der Waals surface area contributed by atoms with Crippen LogP contribution in [0.15, 0.2) is 41.4 Å². The number of aromatic nitrogens is 3. The molecule has 0 fully saturated rings. The van der Waals surface area contributed by atoms with Crippen molar-refractivity contribution in [1.29, 1.82) is 0 Å². The lowest BCUT2D eigenvalue weighted by molar-refractivity contribution is 0.602. The average molecular weight is 276 g/mol. The summed E-state index contributed by atoms with van der Waals surface area (Å²) in [7, 11) is 0. The molecule has 0 saturated carbocycles. The topological polar surface area (TPSA) is 53.6 Å². The van der Waals surface area contributed by atoms with Gasteiger partial charge in [-0.05, 0) is 22.9 Å². The monoisotopic (exact) mass is 276 g/mol. The summed E-state index contributed by atoms with van der Waals surface area (Å²) in [6.45, 7) is 0.681. The lowest BCUT2D eigenvalue weighted by atomic mass is 10.2. The van der Waals surface area contributed by atoms with Gasteiger partial charge in [-0.2, -0.15) is 5.10 Å². The normalized spacial score (nSPS) is 11.2. The van der Waals surface area contributed by atoms with Crippen LogP contribution in [0.3, 0.4) is 0 Å². The second-order valence-corrected chi connectivity index (χ2v) is 5.74. The van der Waals surface area contributed by atoms with Crippen LogP contribution in [0, 0.1) is 0 Å². The van der Waals surface area contributed by atoms with Gasteiger partial charge in [0.1, 0.15) is 12.2 Å². The SMILES string of the molecule is c1csc(C(NCc2ncn[nH]2)c2cccs2)c1. The van der Waals surface area contributed by atoms with Gasteiger partial charge in [-0.25, -0.2) is 4.98 Å². The Balaban J connectivity index is 1.78. The van der Waals surface area contributed by atoms with E-state index in [4.69, 9.17) is 0 Å². The van der Waals surface area contributed by atoms with E-state index in [9.17, 15) is 0 Å². The Bertz CT molecular complexity index is 523. The molecule has 0 aromatic carbocycles. The molecule has 0 aliphatic rings. The second kappa shape index (κ2) is 5.43. The van der Waals surface area contributed by atoms with Crippen LogP contribution in [0.1, 0.15) is 21.6 Å². The first-order valence-electron chi connectivity index (χ1n) is 5.58. The maximum atomic E-state index is 4.13. The largest absolute Gasteiger partial charge is 0.298 e. The zero-order valence-electron chi connectivity index (χ0n) is 9.54. The van der Waals surface area contributed by atoms with Gasteiger partial charge in [-0.3, -0.25) is 10.4 Å². The smallest absolute Gasteiger partial charge is 0.138 e. The zero-order chi connectivity index (χ0) is 12.2.